The molecule has 1 heterocycles. The van der Waals surface area contributed by atoms with Crippen molar-refractivity contribution < 1.29 is 19.1 Å². The molecule has 2 rings (SSSR count). The van der Waals surface area contributed by atoms with Crippen molar-refractivity contribution in [1.29, 1.82) is 0 Å². The number of carbonyl (C=O) groups excluding carboxylic acids is 2. The fourth-order valence-corrected chi connectivity index (χ4v) is 2.18. The highest BCUT2D eigenvalue weighted by Gasteiger charge is 2.20. The first kappa shape index (κ1) is 15.3. The summed E-state index contributed by atoms with van der Waals surface area (Å²) in [5.41, 5.74) is 1.27. The molecule has 1 atom stereocenters. The van der Waals surface area contributed by atoms with Gasteiger partial charge < -0.3 is 19.7 Å². The van der Waals surface area contributed by atoms with Gasteiger partial charge in [-0.25, -0.2) is 4.79 Å². The number of amides is 1. The summed E-state index contributed by atoms with van der Waals surface area (Å²) in [6.45, 7) is 4.03. The number of benzene rings is 1. The first-order valence-corrected chi connectivity index (χ1v) is 6.92. The van der Waals surface area contributed by atoms with Crippen LogP contribution in [-0.2, 0) is 14.3 Å². The highest BCUT2D eigenvalue weighted by Crippen LogP contribution is 2.11. The molecule has 1 amide bonds. The standard InChI is InChI=1S/C15H20N2O4/c1-11-10-17(7-8-21-11)14(18)9-16-13-5-3-12(4-6-13)15(19)20-2/h3-6,11,16H,7-10H2,1-2H3. The Balaban J connectivity index is 1.85. The molecule has 21 heavy (non-hydrogen) atoms. The van der Waals surface area contributed by atoms with Crippen molar-refractivity contribution in [3.8, 4) is 0 Å². The number of esters is 1. The molecule has 1 aromatic rings. The third kappa shape index (κ3) is 4.19. The van der Waals surface area contributed by atoms with E-state index in [1.165, 1.54) is 7.11 Å². The van der Waals surface area contributed by atoms with Gasteiger partial charge in [-0.2, -0.15) is 0 Å². The molecule has 0 bridgehead atoms. The minimum atomic E-state index is -0.375. The van der Waals surface area contributed by atoms with Crippen LogP contribution in [-0.4, -0.2) is 56.2 Å². The molecular weight excluding hydrogens is 272 g/mol. The Bertz CT molecular complexity index is 501. The van der Waals surface area contributed by atoms with Crippen molar-refractivity contribution in [3.63, 3.8) is 0 Å². The van der Waals surface area contributed by atoms with E-state index in [4.69, 9.17) is 4.74 Å². The summed E-state index contributed by atoms with van der Waals surface area (Å²) in [5, 5.41) is 3.06. The van der Waals surface area contributed by atoms with Crippen LogP contribution in [0.1, 0.15) is 17.3 Å². The first-order valence-electron chi connectivity index (χ1n) is 6.92. The van der Waals surface area contributed by atoms with Crippen molar-refractivity contribution >= 4 is 17.6 Å². The zero-order chi connectivity index (χ0) is 15.2. The molecule has 0 spiro atoms. The minimum absolute atomic E-state index is 0.0437. The summed E-state index contributed by atoms with van der Waals surface area (Å²) in [5.74, 6) is -0.331. The minimum Gasteiger partial charge on any atom is -0.465 e. The van der Waals surface area contributed by atoms with Crippen molar-refractivity contribution in [2.45, 2.75) is 13.0 Å². The Morgan fingerprint density at radius 3 is 2.71 bits per heavy atom. The molecule has 0 aromatic heterocycles. The Morgan fingerprint density at radius 1 is 1.38 bits per heavy atom. The van der Waals surface area contributed by atoms with Gasteiger partial charge in [-0.15, -0.1) is 0 Å². The molecule has 1 aliphatic rings. The van der Waals surface area contributed by atoms with E-state index in [2.05, 4.69) is 10.1 Å². The second-order valence-corrected chi connectivity index (χ2v) is 4.94. The van der Waals surface area contributed by atoms with Gasteiger partial charge in [-0.1, -0.05) is 0 Å². The maximum absolute atomic E-state index is 12.1. The molecular formula is C15H20N2O4. The lowest BCUT2D eigenvalue weighted by molar-refractivity contribution is -0.136. The normalized spacial score (nSPS) is 18.2. The number of ether oxygens (including phenoxy) is 2. The van der Waals surface area contributed by atoms with Crippen molar-refractivity contribution in [2.75, 3.05) is 38.7 Å². The van der Waals surface area contributed by atoms with Crippen molar-refractivity contribution in [3.05, 3.63) is 29.8 Å². The monoisotopic (exact) mass is 292 g/mol. The number of methoxy groups -OCH3 is 1. The maximum Gasteiger partial charge on any atom is 0.337 e. The molecule has 114 valence electrons. The second kappa shape index (κ2) is 7.08. The first-order chi connectivity index (χ1) is 10.1. The largest absolute Gasteiger partial charge is 0.465 e. The zero-order valence-electron chi connectivity index (χ0n) is 12.3. The van der Waals surface area contributed by atoms with Crippen LogP contribution in [0.5, 0.6) is 0 Å². The van der Waals surface area contributed by atoms with Crippen LogP contribution in [0.2, 0.25) is 0 Å². The Hall–Kier alpha value is -2.08. The highest BCUT2D eigenvalue weighted by molar-refractivity contribution is 5.89. The lowest BCUT2D eigenvalue weighted by Gasteiger charge is -2.31. The van der Waals surface area contributed by atoms with Gasteiger partial charge in [0.25, 0.3) is 0 Å². The number of carbonyl (C=O) groups is 2. The van der Waals surface area contributed by atoms with Gasteiger partial charge in [0.2, 0.25) is 5.91 Å². The summed E-state index contributed by atoms with van der Waals surface area (Å²) in [7, 11) is 1.34. The fraction of sp³-hybridized carbons (Fsp3) is 0.467. The number of morpholine rings is 1. The van der Waals surface area contributed by atoms with Crippen LogP contribution in [0.15, 0.2) is 24.3 Å². The third-order valence-electron chi connectivity index (χ3n) is 3.34. The quantitative estimate of drug-likeness (QED) is 0.843. The number of hydrogen-bond acceptors (Lipinski definition) is 5. The molecule has 1 N–H and O–H groups in total. The van der Waals surface area contributed by atoms with E-state index < -0.39 is 0 Å². The number of rotatable bonds is 4. The van der Waals surface area contributed by atoms with E-state index >= 15 is 0 Å². The van der Waals surface area contributed by atoms with Gasteiger partial charge in [0.1, 0.15) is 0 Å². The lowest BCUT2D eigenvalue weighted by atomic mass is 10.2. The summed E-state index contributed by atoms with van der Waals surface area (Å²) in [6.07, 6.45) is 0.0852. The predicted octanol–water partition coefficient (Wildman–Crippen LogP) is 1.13. The topological polar surface area (TPSA) is 67.9 Å². The molecule has 1 fully saturated rings. The Labute approximate surface area is 124 Å². The van der Waals surface area contributed by atoms with Gasteiger partial charge in [-0.3, -0.25) is 4.79 Å². The molecule has 0 radical (unpaired) electrons. The SMILES string of the molecule is COC(=O)c1ccc(NCC(=O)N2CCOC(C)C2)cc1. The van der Waals surface area contributed by atoms with Gasteiger partial charge in [0, 0.05) is 18.8 Å². The smallest absolute Gasteiger partial charge is 0.337 e. The van der Waals surface area contributed by atoms with E-state index in [0.717, 1.165) is 5.69 Å². The fourth-order valence-electron chi connectivity index (χ4n) is 2.18. The summed E-state index contributed by atoms with van der Waals surface area (Å²) < 4.78 is 10.0. The van der Waals surface area contributed by atoms with Crippen LogP contribution in [0.4, 0.5) is 5.69 Å². The number of nitrogens with one attached hydrogen (secondary N) is 1. The average Bonchev–Trinajstić information content (AvgIpc) is 2.52. The van der Waals surface area contributed by atoms with E-state index in [1.807, 2.05) is 6.92 Å². The summed E-state index contributed by atoms with van der Waals surface area (Å²) >= 11 is 0. The molecule has 6 heteroatoms. The highest BCUT2D eigenvalue weighted by atomic mass is 16.5. The molecule has 0 saturated carbocycles. The third-order valence-corrected chi connectivity index (χ3v) is 3.34. The van der Waals surface area contributed by atoms with Crippen LogP contribution < -0.4 is 5.32 Å². The zero-order valence-corrected chi connectivity index (χ0v) is 12.3. The van der Waals surface area contributed by atoms with Crippen molar-refractivity contribution in [1.82, 2.24) is 4.90 Å². The Kier molecular flexibility index (Phi) is 5.16. The average molecular weight is 292 g/mol. The van der Waals surface area contributed by atoms with Gasteiger partial charge >= 0.3 is 5.97 Å². The predicted molar refractivity (Wildman–Crippen MR) is 78.3 cm³/mol. The summed E-state index contributed by atoms with van der Waals surface area (Å²) in [6, 6.07) is 6.83. The van der Waals surface area contributed by atoms with E-state index in [0.29, 0.717) is 25.3 Å². The van der Waals surface area contributed by atoms with Crippen molar-refractivity contribution in [2.24, 2.45) is 0 Å². The summed E-state index contributed by atoms with van der Waals surface area (Å²) in [4.78, 5) is 25.2. The van der Waals surface area contributed by atoms with Crippen LogP contribution >= 0.6 is 0 Å². The van der Waals surface area contributed by atoms with E-state index in [9.17, 15) is 9.59 Å². The van der Waals surface area contributed by atoms with Gasteiger partial charge in [0.15, 0.2) is 0 Å². The van der Waals surface area contributed by atoms with Crippen LogP contribution in [0.25, 0.3) is 0 Å². The number of hydrogen-bond donors (Lipinski definition) is 1. The molecule has 1 saturated heterocycles. The maximum atomic E-state index is 12.1. The van der Waals surface area contributed by atoms with Crippen LogP contribution in [0, 0.1) is 0 Å². The molecule has 6 nitrogen and oxygen atoms in total. The van der Waals surface area contributed by atoms with E-state index in [1.54, 1.807) is 29.2 Å². The van der Waals surface area contributed by atoms with Gasteiger partial charge in [-0.05, 0) is 31.2 Å². The number of nitrogens with zero attached hydrogens (tertiary/aromatic N) is 1. The molecule has 1 aromatic carbocycles. The molecule has 1 unspecified atom stereocenters. The molecule has 1 aliphatic heterocycles. The van der Waals surface area contributed by atoms with Gasteiger partial charge in [0.05, 0.1) is 31.9 Å². The Morgan fingerprint density at radius 2 is 2.10 bits per heavy atom. The molecule has 0 aliphatic carbocycles. The van der Waals surface area contributed by atoms with E-state index in [-0.39, 0.29) is 24.5 Å². The number of anilines is 1. The lowest BCUT2D eigenvalue weighted by Crippen LogP contribution is -2.46. The second-order valence-electron chi connectivity index (χ2n) is 4.94. The van der Waals surface area contributed by atoms with Crippen LogP contribution in [0.3, 0.4) is 0 Å².